The van der Waals surface area contributed by atoms with Crippen LogP contribution in [0.5, 0.6) is 5.88 Å². The predicted molar refractivity (Wildman–Crippen MR) is 65.0 cm³/mol. The SMILES string of the molecule is COc1ccc2c(n1)SC(NN)=C(C)CC2. The molecule has 0 aliphatic carbocycles. The summed E-state index contributed by atoms with van der Waals surface area (Å²) < 4.78 is 5.12. The molecule has 2 heterocycles. The quantitative estimate of drug-likeness (QED) is 0.607. The first-order chi connectivity index (χ1) is 7.74. The Bertz CT molecular complexity index is 431. The molecule has 5 heteroatoms. The summed E-state index contributed by atoms with van der Waals surface area (Å²) in [5, 5.41) is 1.96. The Hall–Kier alpha value is -1.20. The molecule has 1 aromatic heterocycles. The molecule has 4 nitrogen and oxygen atoms in total. The van der Waals surface area contributed by atoms with E-state index in [1.165, 1.54) is 11.1 Å². The van der Waals surface area contributed by atoms with Crippen molar-refractivity contribution in [2.75, 3.05) is 7.11 Å². The summed E-state index contributed by atoms with van der Waals surface area (Å²) in [5.41, 5.74) is 5.25. The van der Waals surface area contributed by atoms with Crippen LogP contribution in [0.15, 0.2) is 27.8 Å². The van der Waals surface area contributed by atoms with Crippen molar-refractivity contribution in [2.45, 2.75) is 24.8 Å². The second-order valence-electron chi connectivity index (χ2n) is 3.67. The minimum Gasteiger partial charge on any atom is -0.481 e. The number of fused-ring (bicyclic) bond motifs is 1. The average Bonchev–Trinajstić information content (AvgIpc) is 2.48. The number of rotatable bonds is 2. The summed E-state index contributed by atoms with van der Waals surface area (Å²) in [6.07, 6.45) is 2.00. The van der Waals surface area contributed by atoms with Crippen molar-refractivity contribution >= 4 is 11.8 Å². The van der Waals surface area contributed by atoms with E-state index in [-0.39, 0.29) is 0 Å². The van der Waals surface area contributed by atoms with Gasteiger partial charge in [0.05, 0.1) is 12.1 Å². The molecule has 0 bridgehead atoms. The van der Waals surface area contributed by atoms with Gasteiger partial charge in [-0.05, 0) is 30.9 Å². The third-order valence-electron chi connectivity index (χ3n) is 2.61. The minimum atomic E-state index is 0.641. The molecule has 86 valence electrons. The highest BCUT2D eigenvalue weighted by atomic mass is 32.2. The maximum Gasteiger partial charge on any atom is 0.214 e. The lowest BCUT2D eigenvalue weighted by Gasteiger charge is -2.08. The lowest BCUT2D eigenvalue weighted by atomic mass is 10.1. The summed E-state index contributed by atoms with van der Waals surface area (Å²) in [4.78, 5) is 4.44. The number of ether oxygens (including phenoxy) is 1. The van der Waals surface area contributed by atoms with E-state index >= 15 is 0 Å². The Labute approximate surface area is 99.2 Å². The number of hydrazine groups is 1. The number of hydrogen-bond acceptors (Lipinski definition) is 5. The molecular weight excluding hydrogens is 222 g/mol. The van der Waals surface area contributed by atoms with Gasteiger partial charge in [0.1, 0.15) is 5.03 Å². The van der Waals surface area contributed by atoms with Crippen molar-refractivity contribution in [1.29, 1.82) is 0 Å². The van der Waals surface area contributed by atoms with E-state index in [2.05, 4.69) is 23.4 Å². The van der Waals surface area contributed by atoms with Gasteiger partial charge in [0.25, 0.3) is 0 Å². The average molecular weight is 237 g/mol. The van der Waals surface area contributed by atoms with E-state index < -0.39 is 0 Å². The number of allylic oxidation sites excluding steroid dienone is 1. The zero-order chi connectivity index (χ0) is 11.5. The molecule has 1 aromatic rings. The molecule has 0 saturated heterocycles. The van der Waals surface area contributed by atoms with Crippen LogP contribution in [0.1, 0.15) is 18.9 Å². The normalized spacial score (nSPS) is 15.4. The highest BCUT2D eigenvalue weighted by Crippen LogP contribution is 2.34. The second-order valence-corrected chi connectivity index (χ2v) is 4.67. The summed E-state index contributed by atoms with van der Waals surface area (Å²) >= 11 is 1.57. The first-order valence-corrected chi connectivity index (χ1v) is 5.94. The maximum absolute atomic E-state index is 5.50. The van der Waals surface area contributed by atoms with Gasteiger partial charge in [-0.25, -0.2) is 4.98 Å². The third-order valence-corrected chi connectivity index (χ3v) is 3.83. The van der Waals surface area contributed by atoms with Crippen molar-refractivity contribution in [3.63, 3.8) is 0 Å². The summed E-state index contributed by atoms with van der Waals surface area (Å²) in [7, 11) is 1.62. The van der Waals surface area contributed by atoms with Gasteiger partial charge in [0.2, 0.25) is 5.88 Å². The number of nitrogens with two attached hydrogens (primary N) is 1. The summed E-state index contributed by atoms with van der Waals surface area (Å²) in [6, 6.07) is 3.97. The lowest BCUT2D eigenvalue weighted by Crippen LogP contribution is -2.20. The lowest BCUT2D eigenvalue weighted by molar-refractivity contribution is 0.394. The summed E-state index contributed by atoms with van der Waals surface area (Å²) in [5.74, 6) is 6.14. The summed E-state index contributed by atoms with van der Waals surface area (Å²) in [6.45, 7) is 2.09. The highest BCUT2D eigenvalue weighted by Gasteiger charge is 2.15. The second kappa shape index (κ2) is 4.76. The molecular formula is C11H15N3OS. The van der Waals surface area contributed by atoms with Crippen molar-refractivity contribution in [1.82, 2.24) is 10.4 Å². The molecule has 0 saturated carbocycles. The van der Waals surface area contributed by atoms with E-state index in [0.717, 1.165) is 22.9 Å². The molecule has 0 unspecified atom stereocenters. The van der Waals surface area contributed by atoms with Gasteiger partial charge in [-0.1, -0.05) is 17.8 Å². The van der Waals surface area contributed by atoms with Crippen LogP contribution in [0.3, 0.4) is 0 Å². The highest BCUT2D eigenvalue weighted by molar-refractivity contribution is 8.03. The molecule has 0 radical (unpaired) electrons. The zero-order valence-corrected chi connectivity index (χ0v) is 10.2. The van der Waals surface area contributed by atoms with Crippen LogP contribution in [-0.2, 0) is 6.42 Å². The number of methoxy groups -OCH3 is 1. The van der Waals surface area contributed by atoms with Crippen LogP contribution in [0.2, 0.25) is 0 Å². The minimum absolute atomic E-state index is 0.641. The maximum atomic E-state index is 5.50. The fraction of sp³-hybridized carbons (Fsp3) is 0.364. The van der Waals surface area contributed by atoms with Crippen LogP contribution in [0, 0.1) is 0 Å². The number of hydrogen-bond donors (Lipinski definition) is 2. The van der Waals surface area contributed by atoms with Crippen molar-refractivity contribution in [2.24, 2.45) is 5.84 Å². The number of pyridine rings is 1. The van der Waals surface area contributed by atoms with Crippen LogP contribution in [0.25, 0.3) is 0 Å². The number of aromatic nitrogens is 1. The number of aryl methyl sites for hydroxylation is 1. The van der Waals surface area contributed by atoms with Crippen molar-refractivity contribution < 1.29 is 4.74 Å². The van der Waals surface area contributed by atoms with Gasteiger partial charge in [-0.15, -0.1) is 0 Å². The molecule has 0 fully saturated rings. The number of thioether (sulfide) groups is 1. The first kappa shape index (κ1) is 11.3. The standard InChI is InChI=1S/C11H15N3OS/c1-7-3-4-8-5-6-9(15-2)13-11(8)16-10(7)14-12/h5-6,14H,3-4,12H2,1-2H3. The van der Waals surface area contributed by atoms with Gasteiger partial charge in [-0.2, -0.15) is 0 Å². The fourth-order valence-electron chi connectivity index (χ4n) is 1.62. The Morgan fingerprint density at radius 1 is 1.44 bits per heavy atom. The van der Waals surface area contributed by atoms with Gasteiger partial charge >= 0.3 is 0 Å². The van der Waals surface area contributed by atoms with Crippen LogP contribution in [-0.4, -0.2) is 12.1 Å². The third kappa shape index (κ3) is 2.15. The molecule has 0 spiro atoms. The number of nitrogens with zero attached hydrogens (tertiary/aromatic N) is 1. The Kier molecular flexibility index (Phi) is 3.36. The van der Waals surface area contributed by atoms with E-state index in [9.17, 15) is 0 Å². The smallest absolute Gasteiger partial charge is 0.214 e. The topological polar surface area (TPSA) is 60.2 Å². The van der Waals surface area contributed by atoms with E-state index in [1.807, 2.05) is 6.07 Å². The fourth-order valence-corrected chi connectivity index (χ4v) is 2.58. The van der Waals surface area contributed by atoms with Gasteiger partial charge in [-0.3, -0.25) is 5.84 Å². The number of nitrogens with one attached hydrogen (secondary N) is 1. The van der Waals surface area contributed by atoms with Gasteiger partial charge in [0.15, 0.2) is 0 Å². The van der Waals surface area contributed by atoms with Gasteiger partial charge in [0, 0.05) is 6.07 Å². The zero-order valence-electron chi connectivity index (χ0n) is 9.41. The molecule has 1 aliphatic rings. The molecule has 2 rings (SSSR count). The molecule has 0 atom stereocenters. The molecule has 3 N–H and O–H groups in total. The van der Waals surface area contributed by atoms with Crippen LogP contribution in [0.4, 0.5) is 0 Å². The predicted octanol–water partition coefficient (Wildman–Crippen LogP) is 1.82. The monoisotopic (exact) mass is 237 g/mol. The van der Waals surface area contributed by atoms with E-state index in [0.29, 0.717) is 5.88 Å². The Morgan fingerprint density at radius 2 is 2.25 bits per heavy atom. The Balaban J connectivity index is 2.37. The molecule has 16 heavy (non-hydrogen) atoms. The van der Waals surface area contributed by atoms with Crippen LogP contribution < -0.4 is 16.0 Å². The van der Waals surface area contributed by atoms with E-state index in [4.69, 9.17) is 10.6 Å². The van der Waals surface area contributed by atoms with E-state index in [1.54, 1.807) is 18.9 Å². The first-order valence-electron chi connectivity index (χ1n) is 5.12. The Morgan fingerprint density at radius 3 is 2.94 bits per heavy atom. The van der Waals surface area contributed by atoms with Crippen LogP contribution >= 0.6 is 11.8 Å². The van der Waals surface area contributed by atoms with Crippen molar-refractivity contribution in [3.8, 4) is 5.88 Å². The van der Waals surface area contributed by atoms with Gasteiger partial charge < -0.3 is 10.2 Å². The largest absolute Gasteiger partial charge is 0.481 e. The molecule has 1 aliphatic heterocycles. The molecule has 0 aromatic carbocycles. The molecule has 0 amide bonds. The van der Waals surface area contributed by atoms with Crippen molar-refractivity contribution in [3.05, 3.63) is 28.3 Å².